The second kappa shape index (κ2) is 22.4. The lowest BCUT2D eigenvalue weighted by Gasteiger charge is -2.07. The Morgan fingerprint density at radius 3 is 1.43 bits per heavy atom. The van der Waals surface area contributed by atoms with E-state index < -0.39 is 0 Å². The largest absolute Gasteiger partial charge is 0.288 e. The first-order chi connectivity index (χ1) is 18.4. The number of unbranched alkanes of at least 4 members (excludes halogenated alkanes) is 20. The maximum Gasteiger partial charge on any atom is 0.288 e. The van der Waals surface area contributed by atoms with Gasteiger partial charge in [-0.05, 0) is 37.8 Å². The fraction of sp³-hybridized carbons (Fsp3) is 0.743. The van der Waals surface area contributed by atoms with Crippen molar-refractivity contribution >= 4 is 0 Å². The summed E-state index contributed by atoms with van der Waals surface area (Å²) >= 11 is 0. The molecule has 0 atom stereocenters. The zero-order chi connectivity index (χ0) is 26.2. The zero-order valence-corrected chi connectivity index (χ0v) is 24.9. The summed E-state index contributed by atoms with van der Waals surface area (Å²) in [6.07, 6.45) is 35.6. The molecule has 1 aromatic carbocycles. The molecule has 1 aromatic heterocycles. The zero-order valence-electron chi connectivity index (χ0n) is 24.9. The molecule has 0 saturated carbocycles. The van der Waals surface area contributed by atoms with Gasteiger partial charge in [-0.25, -0.2) is 9.13 Å². The highest BCUT2D eigenvalue weighted by Crippen LogP contribution is 2.18. The maximum absolute atomic E-state index is 2.51. The number of benzene rings is 1. The molecule has 0 fully saturated rings. The number of aromatic nitrogens is 2. The first-order valence-corrected chi connectivity index (χ1v) is 16.5. The van der Waals surface area contributed by atoms with Crippen molar-refractivity contribution in [2.75, 3.05) is 0 Å². The highest BCUT2D eigenvalue weighted by molar-refractivity contribution is 5.52. The van der Waals surface area contributed by atoms with E-state index in [1.54, 1.807) is 0 Å². The average Bonchev–Trinajstić information content (AvgIpc) is 3.33. The number of rotatable bonds is 25. The highest BCUT2D eigenvalue weighted by Gasteiger charge is 2.18. The van der Waals surface area contributed by atoms with Crippen LogP contribution in [0.5, 0.6) is 0 Å². The Hall–Kier alpha value is -1.57. The Kier molecular flexibility index (Phi) is 19.2. The van der Waals surface area contributed by atoms with Gasteiger partial charge in [-0.15, -0.1) is 0 Å². The fourth-order valence-corrected chi connectivity index (χ4v) is 5.64. The molecule has 2 heteroatoms. The Morgan fingerprint density at radius 1 is 0.514 bits per heavy atom. The van der Waals surface area contributed by atoms with Gasteiger partial charge in [0.25, 0.3) is 5.82 Å². The van der Waals surface area contributed by atoms with Crippen LogP contribution in [0.2, 0.25) is 0 Å². The number of imidazole rings is 1. The average molecular weight is 510 g/mol. The van der Waals surface area contributed by atoms with Crippen LogP contribution < -0.4 is 4.57 Å². The highest BCUT2D eigenvalue weighted by atomic mass is 15.1. The molecule has 0 aliphatic heterocycles. The van der Waals surface area contributed by atoms with Gasteiger partial charge < -0.3 is 0 Å². The lowest BCUT2D eigenvalue weighted by Crippen LogP contribution is -2.34. The number of hydrogen-bond donors (Lipinski definition) is 0. The summed E-state index contributed by atoms with van der Waals surface area (Å²) in [6.45, 7) is 6.89. The number of hydrogen-bond acceptors (Lipinski definition) is 0. The molecule has 1 heterocycles. The van der Waals surface area contributed by atoms with Crippen LogP contribution in [-0.2, 0) is 13.1 Å². The van der Waals surface area contributed by atoms with E-state index in [1.165, 1.54) is 153 Å². The van der Waals surface area contributed by atoms with Gasteiger partial charge in [0.15, 0.2) is 0 Å². The lowest BCUT2D eigenvalue weighted by molar-refractivity contribution is -0.686. The molecule has 0 spiro atoms. The standard InChI is InChI=1S/C35H61N2/c1-3-5-7-9-11-13-14-15-16-17-18-20-22-27-31-37-33-32-36(35(37)34-28-24-23-25-29-34)30-26-21-19-12-10-8-6-4-2/h23-25,28-29,32-33H,3-22,26-27,30-31H2,1-2H3/q+1. The van der Waals surface area contributed by atoms with E-state index in [0.29, 0.717) is 0 Å². The molecule has 2 aromatic rings. The van der Waals surface area contributed by atoms with Gasteiger partial charge in [-0.1, -0.05) is 148 Å². The van der Waals surface area contributed by atoms with Gasteiger partial charge in [0.1, 0.15) is 12.4 Å². The summed E-state index contributed by atoms with van der Waals surface area (Å²) in [4.78, 5) is 0. The van der Waals surface area contributed by atoms with E-state index in [9.17, 15) is 0 Å². The molecule has 2 nitrogen and oxygen atoms in total. The lowest BCUT2D eigenvalue weighted by atomic mass is 10.0. The second-order valence-corrected chi connectivity index (χ2v) is 11.4. The van der Waals surface area contributed by atoms with Crippen LogP contribution >= 0.6 is 0 Å². The Morgan fingerprint density at radius 2 is 0.946 bits per heavy atom. The molecule has 0 N–H and O–H groups in total. The predicted molar refractivity (Wildman–Crippen MR) is 163 cm³/mol. The fourth-order valence-electron chi connectivity index (χ4n) is 5.64. The summed E-state index contributed by atoms with van der Waals surface area (Å²) in [5.74, 6) is 1.40. The third-order valence-corrected chi connectivity index (χ3v) is 8.01. The molecular formula is C35H61N2+. The quantitative estimate of drug-likeness (QED) is 0.0929. The van der Waals surface area contributed by atoms with Crippen LogP contribution in [0.4, 0.5) is 0 Å². The van der Waals surface area contributed by atoms with Crippen LogP contribution in [0, 0.1) is 0 Å². The molecule has 37 heavy (non-hydrogen) atoms. The molecule has 0 radical (unpaired) electrons. The first kappa shape index (κ1) is 31.6. The number of aryl methyl sites for hydroxylation is 2. The van der Waals surface area contributed by atoms with E-state index >= 15 is 0 Å². The van der Waals surface area contributed by atoms with Crippen LogP contribution in [0.15, 0.2) is 42.7 Å². The third kappa shape index (κ3) is 14.8. The Labute approximate surface area is 231 Å². The second-order valence-electron chi connectivity index (χ2n) is 11.4. The summed E-state index contributed by atoms with van der Waals surface area (Å²) in [5.41, 5.74) is 1.36. The van der Waals surface area contributed by atoms with E-state index in [-0.39, 0.29) is 0 Å². The number of nitrogens with zero attached hydrogens (tertiary/aromatic N) is 2. The van der Waals surface area contributed by atoms with E-state index in [1.807, 2.05) is 0 Å². The molecular weight excluding hydrogens is 448 g/mol. The molecule has 0 saturated heterocycles. The van der Waals surface area contributed by atoms with Crippen LogP contribution in [0.25, 0.3) is 11.4 Å². The minimum Gasteiger partial charge on any atom is -0.230 e. The Bertz CT molecular complexity index is 748. The topological polar surface area (TPSA) is 8.81 Å². The SMILES string of the molecule is CCCCCCCCCCCCCCCC[n+]1ccn(CCCCCCCCCC)c1-c1ccccc1. The molecule has 2 rings (SSSR count). The van der Waals surface area contributed by atoms with Crippen LogP contribution in [0.1, 0.15) is 155 Å². The van der Waals surface area contributed by atoms with Crippen molar-refractivity contribution in [1.29, 1.82) is 0 Å². The normalized spacial score (nSPS) is 11.4. The smallest absolute Gasteiger partial charge is 0.230 e. The Balaban J connectivity index is 1.62. The van der Waals surface area contributed by atoms with Gasteiger partial charge in [0, 0.05) is 0 Å². The minimum absolute atomic E-state index is 1.14. The van der Waals surface area contributed by atoms with Gasteiger partial charge >= 0.3 is 0 Å². The summed E-state index contributed by atoms with van der Waals surface area (Å²) in [6, 6.07) is 11.1. The predicted octanol–water partition coefficient (Wildman–Crippen LogP) is 11.1. The molecule has 210 valence electrons. The van der Waals surface area contributed by atoms with Crippen molar-refractivity contribution in [1.82, 2.24) is 4.57 Å². The van der Waals surface area contributed by atoms with Gasteiger partial charge in [0.2, 0.25) is 0 Å². The van der Waals surface area contributed by atoms with Crippen molar-refractivity contribution < 1.29 is 4.57 Å². The van der Waals surface area contributed by atoms with E-state index in [4.69, 9.17) is 0 Å². The van der Waals surface area contributed by atoms with Crippen molar-refractivity contribution in [2.24, 2.45) is 0 Å². The molecule has 0 bridgehead atoms. The molecule has 0 aliphatic carbocycles. The molecule has 0 unspecified atom stereocenters. The van der Waals surface area contributed by atoms with Crippen LogP contribution in [0.3, 0.4) is 0 Å². The van der Waals surface area contributed by atoms with E-state index in [0.717, 1.165) is 13.1 Å². The maximum atomic E-state index is 2.51. The summed E-state index contributed by atoms with van der Waals surface area (Å²) in [7, 11) is 0. The van der Waals surface area contributed by atoms with Gasteiger partial charge in [-0.2, -0.15) is 0 Å². The van der Waals surface area contributed by atoms with Crippen LogP contribution in [-0.4, -0.2) is 4.57 Å². The molecule has 0 amide bonds. The van der Waals surface area contributed by atoms with Crippen molar-refractivity contribution in [3.63, 3.8) is 0 Å². The molecule has 0 aliphatic rings. The van der Waals surface area contributed by atoms with E-state index in [2.05, 4.69) is 65.7 Å². The minimum atomic E-state index is 1.14. The van der Waals surface area contributed by atoms with Crippen molar-refractivity contribution in [3.05, 3.63) is 42.7 Å². The van der Waals surface area contributed by atoms with Crippen molar-refractivity contribution in [2.45, 2.75) is 168 Å². The monoisotopic (exact) mass is 509 g/mol. The summed E-state index contributed by atoms with van der Waals surface area (Å²) in [5, 5.41) is 0. The van der Waals surface area contributed by atoms with Crippen molar-refractivity contribution in [3.8, 4) is 11.4 Å². The van der Waals surface area contributed by atoms with Gasteiger partial charge in [-0.3, -0.25) is 0 Å². The first-order valence-electron chi connectivity index (χ1n) is 16.5. The summed E-state index contributed by atoms with van der Waals surface area (Å²) < 4.78 is 5.02. The third-order valence-electron chi connectivity index (χ3n) is 8.01. The van der Waals surface area contributed by atoms with Gasteiger partial charge in [0.05, 0.1) is 18.7 Å².